The molecule has 6 nitrogen and oxygen atoms in total. The van der Waals surface area contributed by atoms with Crippen molar-refractivity contribution in [2.24, 2.45) is 0 Å². The van der Waals surface area contributed by atoms with Crippen LogP contribution in [0.3, 0.4) is 0 Å². The summed E-state index contributed by atoms with van der Waals surface area (Å²) in [6.07, 6.45) is 0.728. The molecule has 0 saturated heterocycles. The van der Waals surface area contributed by atoms with E-state index in [1.54, 1.807) is 12.1 Å². The van der Waals surface area contributed by atoms with E-state index in [4.69, 9.17) is 10.5 Å². The van der Waals surface area contributed by atoms with Crippen LogP contribution in [0.1, 0.15) is 35.2 Å². The number of benzene rings is 3. The number of nitrogens with one attached hydrogen (secondary N) is 1. The third-order valence-corrected chi connectivity index (χ3v) is 5.49. The third kappa shape index (κ3) is 4.07. The van der Waals surface area contributed by atoms with Crippen molar-refractivity contribution in [2.45, 2.75) is 25.1 Å². The molecule has 0 unspecified atom stereocenters. The number of hydrogen-bond donors (Lipinski definition) is 2. The highest BCUT2D eigenvalue weighted by molar-refractivity contribution is 5.42. The highest BCUT2D eigenvalue weighted by Crippen LogP contribution is 2.38. The van der Waals surface area contributed by atoms with Crippen molar-refractivity contribution in [3.63, 3.8) is 0 Å². The minimum Gasteiger partial charge on any atom is -0.489 e. The van der Waals surface area contributed by atoms with Gasteiger partial charge in [0.15, 0.2) is 0 Å². The number of hydrogen-bond acceptors (Lipinski definition) is 5. The molecule has 1 aliphatic rings. The maximum Gasteiger partial charge on any atom is 0.241 e. The molecule has 0 fully saturated rings. The molecule has 2 heterocycles. The van der Waals surface area contributed by atoms with Gasteiger partial charge in [-0.3, -0.25) is 0 Å². The van der Waals surface area contributed by atoms with Crippen LogP contribution in [0.15, 0.2) is 78.9 Å². The maximum absolute atomic E-state index is 13.4. The molecule has 3 N–H and O–H groups in total. The number of rotatable bonds is 5. The van der Waals surface area contributed by atoms with Crippen molar-refractivity contribution < 1.29 is 9.13 Å². The second-order valence-electron chi connectivity index (χ2n) is 7.58. The van der Waals surface area contributed by atoms with E-state index in [9.17, 15) is 4.39 Å². The summed E-state index contributed by atoms with van der Waals surface area (Å²) < 4.78 is 21.1. The minimum absolute atomic E-state index is 0.0318. The van der Waals surface area contributed by atoms with E-state index in [0.29, 0.717) is 12.6 Å². The molecule has 7 heteroatoms. The Morgan fingerprint density at radius 1 is 0.968 bits per heavy atom. The van der Waals surface area contributed by atoms with Crippen LogP contribution in [-0.4, -0.2) is 14.8 Å². The molecule has 0 amide bonds. The highest BCUT2D eigenvalue weighted by atomic mass is 19.1. The Morgan fingerprint density at radius 3 is 2.42 bits per heavy atom. The Labute approximate surface area is 179 Å². The number of nitrogen functional groups attached to an aromatic ring is 1. The molecule has 1 aromatic heterocycles. The first-order valence-corrected chi connectivity index (χ1v) is 10.2. The van der Waals surface area contributed by atoms with Crippen molar-refractivity contribution in [1.29, 1.82) is 0 Å². The van der Waals surface area contributed by atoms with Crippen LogP contribution in [0.25, 0.3) is 0 Å². The Bertz CT molecular complexity index is 1160. The summed E-state index contributed by atoms with van der Waals surface area (Å²) in [7, 11) is 0. The molecule has 3 aromatic carbocycles. The van der Waals surface area contributed by atoms with E-state index in [1.807, 2.05) is 59.3 Å². The molecule has 4 aromatic rings. The first-order chi connectivity index (χ1) is 15.2. The van der Waals surface area contributed by atoms with Crippen molar-refractivity contribution >= 4 is 11.9 Å². The molecule has 0 saturated carbocycles. The molecule has 1 aliphatic heterocycles. The second kappa shape index (κ2) is 8.10. The zero-order chi connectivity index (χ0) is 21.2. The number of ether oxygens (including phenoxy) is 1. The molecule has 31 heavy (non-hydrogen) atoms. The van der Waals surface area contributed by atoms with Gasteiger partial charge in [0, 0.05) is 0 Å². The lowest BCUT2D eigenvalue weighted by atomic mass is 9.93. The van der Waals surface area contributed by atoms with E-state index in [0.717, 1.165) is 28.9 Å². The molecule has 5 rings (SSSR count). The topological polar surface area (TPSA) is 78.0 Å². The Kier molecular flexibility index (Phi) is 5.00. The summed E-state index contributed by atoms with van der Waals surface area (Å²) in [6, 6.07) is 24.5. The smallest absolute Gasteiger partial charge is 0.241 e. The summed E-state index contributed by atoms with van der Waals surface area (Å²) in [6.45, 7) is 0.518. The van der Waals surface area contributed by atoms with E-state index in [2.05, 4.69) is 15.4 Å². The average molecular weight is 415 g/mol. The number of fused-ring (bicyclic) bond motifs is 1. The number of aromatic nitrogens is 3. The summed E-state index contributed by atoms with van der Waals surface area (Å²) >= 11 is 0. The molecular weight excluding hydrogens is 393 g/mol. The monoisotopic (exact) mass is 415 g/mol. The van der Waals surface area contributed by atoms with Gasteiger partial charge in [-0.15, -0.1) is 5.10 Å². The lowest BCUT2D eigenvalue weighted by Gasteiger charge is -2.31. The summed E-state index contributed by atoms with van der Waals surface area (Å²) in [4.78, 5) is 4.32. The summed E-state index contributed by atoms with van der Waals surface area (Å²) in [5.74, 6) is 1.37. The van der Waals surface area contributed by atoms with Gasteiger partial charge in [-0.25, -0.2) is 9.07 Å². The van der Waals surface area contributed by atoms with Crippen LogP contribution >= 0.6 is 0 Å². The van der Waals surface area contributed by atoms with Crippen LogP contribution < -0.4 is 15.8 Å². The third-order valence-electron chi connectivity index (χ3n) is 5.49. The normalized spacial score (nSPS) is 17.6. The average Bonchev–Trinajstić information content (AvgIpc) is 3.19. The van der Waals surface area contributed by atoms with Gasteiger partial charge in [0.1, 0.15) is 18.2 Å². The molecule has 156 valence electrons. The predicted octanol–water partition coefficient (Wildman–Crippen LogP) is 4.72. The van der Waals surface area contributed by atoms with Gasteiger partial charge in [-0.05, 0) is 47.4 Å². The minimum atomic E-state index is -0.255. The fourth-order valence-corrected chi connectivity index (χ4v) is 3.91. The molecular formula is C24H22FN5O. The van der Waals surface area contributed by atoms with Crippen LogP contribution in [0, 0.1) is 5.82 Å². The predicted molar refractivity (Wildman–Crippen MR) is 117 cm³/mol. The molecule has 0 radical (unpaired) electrons. The van der Waals surface area contributed by atoms with Gasteiger partial charge in [0.2, 0.25) is 11.9 Å². The van der Waals surface area contributed by atoms with Crippen molar-refractivity contribution in [3.05, 3.63) is 101 Å². The fourth-order valence-electron chi connectivity index (χ4n) is 3.91. The Hall–Kier alpha value is -3.87. The lowest BCUT2D eigenvalue weighted by molar-refractivity contribution is 0.306. The van der Waals surface area contributed by atoms with Crippen molar-refractivity contribution in [1.82, 2.24) is 14.8 Å². The molecule has 0 spiro atoms. The maximum atomic E-state index is 13.4. The first-order valence-electron chi connectivity index (χ1n) is 10.2. The van der Waals surface area contributed by atoms with Gasteiger partial charge >= 0.3 is 0 Å². The largest absolute Gasteiger partial charge is 0.489 e. The zero-order valence-electron chi connectivity index (χ0n) is 16.8. The quantitative estimate of drug-likeness (QED) is 0.493. The lowest BCUT2D eigenvalue weighted by Crippen LogP contribution is -2.28. The molecule has 2 atom stereocenters. The van der Waals surface area contributed by atoms with E-state index in [-0.39, 0.29) is 23.8 Å². The fraction of sp³-hybridized carbons (Fsp3) is 0.167. The van der Waals surface area contributed by atoms with Crippen LogP contribution in [0.4, 0.5) is 16.3 Å². The summed E-state index contributed by atoms with van der Waals surface area (Å²) in [5.41, 5.74) is 9.05. The van der Waals surface area contributed by atoms with Crippen LogP contribution in [0.2, 0.25) is 0 Å². The van der Waals surface area contributed by atoms with E-state index in [1.165, 1.54) is 12.1 Å². The summed E-state index contributed by atoms with van der Waals surface area (Å²) in [5, 5.41) is 7.74. The van der Waals surface area contributed by atoms with Crippen molar-refractivity contribution in [2.75, 3.05) is 11.1 Å². The number of anilines is 2. The van der Waals surface area contributed by atoms with Gasteiger partial charge in [-0.2, -0.15) is 4.98 Å². The Balaban J connectivity index is 1.38. The molecule has 0 bridgehead atoms. The number of halogens is 1. The van der Waals surface area contributed by atoms with Gasteiger partial charge in [0.25, 0.3) is 0 Å². The Morgan fingerprint density at radius 2 is 1.68 bits per heavy atom. The molecule has 0 aliphatic carbocycles. The van der Waals surface area contributed by atoms with Gasteiger partial charge < -0.3 is 15.8 Å². The van der Waals surface area contributed by atoms with E-state index < -0.39 is 0 Å². The number of nitrogens with zero attached hydrogens (tertiary/aromatic N) is 3. The van der Waals surface area contributed by atoms with Gasteiger partial charge in [0.05, 0.1) is 12.1 Å². The first kappa shape index (κ1) is 19.1. The van der Waals surface area contributed by atoms with Crippen LogP contribution in [0.5, 0.6) is 5.75 Å². The SMILES string of the molecule is Nc1nc2n(n1)[C@@H](c1ccc(OCc3ccccc3)cc1)C[C@@H](c1ccc(F)cc1)N2. The van der Waals surface area contributed by atoms with Crippen LogP contribution in [-0.2, 0) is 6.61 Å². The number of nitrogens with two attached hydrogens (primary N) is 1. The second-order valence-corrected chi connectivity index (χ2v) is 7.58. The highest BCUT2D eigenvalue weighted by Gasteiger charge is 2.30. The standard InChI is InChI=1S/C24H22FN5O/c25-19-10-6-17(7-11-19)21-14-22(30-24(27-21)28-23(26)29-30)18-8-12-20(13-9-18)31-15-16-4-2-1-3-5-16/h1-13,21-22H,14-15H2,(H3,26,27,28,29)/t21-,22+/m0/s1. The van der Waals surface area contributed by atoms with E-state index >= 15 is 0 Å². The zero-order valence-corrected chi connectivity index (χ0v) is 16.8. The van der Waals surface area contributed by atoms with Gasteiger partial charge in [-0.1, -0.05) is 54.6 Å². The van der Waals surface area contributed by atoms with Crippen molar-refractivity contribution in [3.8, 4) is 5.75 Å².